The standard InChI is InChI=1S/C14H21N3O4/c1-9(19)16-8-14(5-10-3-2-4-15-6-10)13(21)12(20)11(7-18)17-14/h2-4,6,11-13,17-18,20-21H,5,7-8H2,1H3,(H,16,19)/t11-,12-,13+,14-/m1/s1. The lowest BCUT2D eigenvalue weighted by Gasteiger charge is -2.33. The monoisotopic (exact) mass is 295 g/mol. The number of carbonyl (C=O) groups excluding carboxylic acids is 1. The van der Waals surface area contributed by atoms with Crippen molar-refractivity contribution in [2.75, 3.05) is 13.2 Å². The summed E-state index contributed by atoms with van der Waals surface area (Å²) in [6.45, 7) is 1.23. The first kappa shape index (κ1) is 15.8. The molecule has 7 heteroatoms. The molecule has 1 saturated heterocycles. The Morgan fingerprint density at radius 3 is 2.81 bits per heavy atom. The van der Waals surface area contributed by atoms with E-state index >= 15 is 0 Å². The minimum Gasteiger partial charge on any atom is -0.395 e. The minimum atomic E-state index is -1.11. The second-order valence-electron chi connectivity index (χ2n) is 5.47. The summed E-state index contributed by atoms with van der Waals surface area (Å²) in [6.07, 6.45) is 1.48. The van der Waals surface area contributed by atoms with Crippen LogP contribution in [0, 0.1) is 0 Å². The van der Waals surface area contributed by atoms with E-state index in [1.54, 1.807) is 18.5 Å². The van der Waals surface area contributed by atoms with E-state index in [1.807, 2.05) is 6.07 Å². The molecule has 0 radical (unpaired) electrons. The van der Waals surface area contributed by atoms with Crippen LogP contribution in [-0.2, 0) is 11.2 Å². The third-order valence-electron chi connectivity index (χ3n) is 3.87. The molecule has 2 heterocycles. The van der Waals surface area contributed by atoms with E-state index in [4.69, 9.17) is 0 Å². The first-order valence-electron chi connectivity index (χ1n) is 6.86. The van der Waals surface area contributed by atoms with Crippen LogP contribution in [0.25, 0.3) is 0 Å². The zero-order chi connectivity index (χ0) is 15.5. The Labute approximate surface area is 123 Å². The summed E-state index contributed by atoms with van der Waals surface area (Å²) >= 11 is 0. The summed E-state index contributed by atoms with van der Waals surface area (Å²) in [6, 6.07) is 3.00. The molecule has 1 aromatic heterocycles. The lowest BCUT2D eigenvalue weighted by atomic mass is 9.86. The van der Waals surface area contributed by atoms with E-state index in [-0.39, 0.29) is 19.1 Å². The number of aliphatic hydroxyl groups excluding tert-OH is 3. The first-order chi connectivity index (χ1) is 9.98. The number of nitrogens with zero attached hydrogens (tertiary/aromatic N) is 1. The van der Waals surface area contributed by atoms with Gasteiger partial charge in [-0.3, -0.25) is 15.1 Å². The number of nitrogens with one attached hydrogen (secondary N) is 2. The van der Waals surface area contributed by atoms with Crippen LogP contribution in [0.15, 0.2) is 24.5 Å². The van der Waals surface area contributed by atoms with Crippen LogP contribution >= 0.6 is 0 Å². The summed E-state index contributed by atoms with van der Waals surface area (Å²) in [7, 11) is 0. The van der Waals surface area contributed by atoms with Crippen molar-refractivity contribution in [3.8, 4) is 0 Å². The fraction of sp³-hybridized carbons (Fsp3) is 0.571. The molecule has 0 saturated carbocycles. The molecule has 4 atom stereocenters. The number of amides is 1. The molecule has 7 nitrogen and oxygen atoms in total. The quantitative estimate of drug-likeness (QED) is 0.437. The Kier molecular flexibility index (Phi) is 4.89. The third-order valence-corrected chi connectivity index (χ3v) is 3.87. The average Bonchev–Trinajstić information content (AvgIpc) is 2.71. The maximum atomic E-state index is 11.2. The minimum absolute atomic E-state index is 0.145. The number of pyridine rings is 1. The van der Waals surface area contributed by atoms with Gasteiger partial charge < -0.3 is 20.6 Å². The topological polar surface area (TPSA) is 115 Å². The maximum Gasteiger partial charge on any atom is 0.216 e. The normalized spacial score (nSPS) is 32.1. The van der Waals surface area contributed by atoms with Gasteiger partial charge in [0.15, 0.2) is 0 Å². The van der Waals surface area contributed by atoms with Gasteiger partial charge >= 0.3 is 0 Å². The zero-order valence-corrected chi connectivity index (χ0v) is 11.9. The molecular weight excluding hydrogens is 274 g/mol. The number of hydrogen-bond acceptors (Lipinski definition) is 6. The molecule has 0 unspecified atom stereocenters. The molecular formula is C14H21N3O4. The predicted octanol–water partition coefficient (Wildman–Crippen LogP) is -1.82. The largest absolute Gasteiger partial charge is 0.395 e. The number of rotatable bonds is 5. The molecule has 5 N–H and O–H groups in total. The number of aromatic nitrogens is 1. The molecule has 1 aliphatic rings. The van der Waals surface area contributed by atoms with Gasteiger partial charge in [0, 0.05) is 25.9 Å². The summed E-state index contributed by atoms with van der Waals surface area (Å²) < 4.78 is 0. The van der Waals surface area contributed by atoms with E-state index in [0.29, 0.717) is 6.42 Å². The van der Waals surface area contributed by atoms with Crippen LogP contribution in [0.1, 0.15) is 12.5 Å². The number of hydrogen-bond donors (Lipinski definition) is 5. The van der Waals surface area contributed by atoms with Gasteiger partial charge in [-0.1, -0.05) is 6.07 Å². The van der Waals surface area contributed by atoms with Gasteiger partial charge in [-0.2, -0.15) is 0 Å². The van der Waals surface area contributed by atoms with E-state index in [9.17, 15) is 20.1 Å². The Morgan fingerprint density at radius 1 is 1.52 bits per heavy atom. The second-order valence-corrected chi connectivity index (χ2v) is 5.47. The Morgan fingerprint density at radius 2 is 2.29 bits per heavy atom. The van der Waals surface area contributed by atoms with Crippen molar-refractivity contribution in [1.82, 2.24) is 15.6 Å². The average molecular weight is 295 g/mol. The van der Waals surface area contributed by atoms with Gasteiger partial charge in [0.2, 0.25) is 5.91 Å². The lowest BCUT2D eigenvalue weighted by molar-refractivity contribution is -0.119. The number of carbonyl (C=O) groups is 1. The summed E-state index contributed by atoms with van der Waals surface area (Å²) in [5, 5.41) is 35.5. The highest BCUT2D eigenvalue weighted by Gasteiger charge is 2.51. The van der Waals surface area contributed by atoms with Crippen molar-refractivity contribution in [3.05, 3.63) is 30.1 Å². The molecule has 1 fully saturated rings. The van der Waals surface area contributed by atoms with Crippen molar-refractivity contribution >= 4 is 5.91 Å². The van der Waals surface area contributed by atoms with Crippen molar-refractivity contribution in [3.63, 3.8) is 0 Å². The highest BCUT2D eigenvalue weighted by Crippen LogP contribution is 2.28. The van der Waals surface area contributed by atoms with E-state index < -0.39 is 23.8 Å². The molecule has 1 aromatic rings. The molecule has 1 amide bonds. The summed E-state index contributed by atoms with van der Waals surface area (Å²) in [5.41, 5.74) is -0.0817. The molecule has 1 aliphatic heterocycles. The van der Waals surface area contributed by atoms with Crippen LogP contribution in [0.3, 0.4) is 0 Å². The number of aliphatic hydroxyl groups is 3. The van der Waals surface area contributed by atoms with Gasteiger partial charge in [-0.15, -0.1) is 0 Å². The third kappa shape index (κ3) is 3.38. The van der Waals surface area contributed by atoms with E-state index in [0.717, 1.165) is 5.56 Å². The molecule has 0 aliphatic carbocycles. The van der Waals surface area contributed by atoms with Gasteiger partial charge in [-0.25, -0.2) is 0 Å². The van der Waals surface area contributed by atoms with Crippen LogP contribution in [0.4, 0.5) is 0 Å². The van der Waals surface area contributed by atoms with Gasteiger partial charge in [0.05, 0.1) is 24.3 Å². The van der Waals surface area contributed by atoms with Gasteiger partial charge in [0.25, 0.3) is 0 Å². The lowest BCUT2D eigenvalue weighted by Crippen LogP contribution is -2.58. The van der Waals surface area contributed by atoms with Crippen LogP contribution in [-0.4, -0.2) is 63.2 Å². The van der Waals surface area contributed by atoms with Crippen molar-refractivity contribution < 1.29 is 20.1 Å². The van der Waals surface area contributed by atoms with E-state index in [2.05, 4.69) is 15.6 Å². The summed E-state index contributed by atoms with van der Waals surface area (Å²) in [4.78, 5) is 15.2. The van der Waals surface area contributed by atoms with Crippen LogP contribution < -0.4 is 10.6 Å². The molecule has 21 heavy (non-hydrogen) atoms. The van der Waals surface area contributed by atoms with Gasteiger partial charge in [-0.05, 0) is 18.1 Å². The fourth-order valence-electron chi connectivity index (χ4n) is 2.76. The fourth-order valence-corrected chi connectivity index (χ4v) is 2.76. The van der Waals surface area contributed by atoms with Crippen LogP contribution in [0.5, 0.6) is 0 Å². The Hall–Kier alpha value is -1.54. The molecule has 2 rings (SSSR count). The SMILES string of the molecule is CC(=O)NC[C@@]1(Cc2cccnc2)N[C@H](CO)[C@@H](O)[C@@H]1O. The highest BCUT2D eigenvalue weighted by atomic mass is 16.3. The molecule has 0 aromatic carbocycles. The molecule has 0 bridgehead atoms. The highest BCUT2D eigenvalue weighted by molar-refractivity contribution is 5.73. The Bertz CT molecular complexity index is 484. The van der Waals surface area contributed by atoms with Crippen molar-refractivity contribution in [2.45, 2.75) is 37.1 Å². The van der Waals surface area contributed by atoms with Crippen molar-refractivity contribution in [1.29, 1.82) is 0 Å². The first-order valence-corrected chi connectivity index (χ1v) is 6.86. The second kappa shape index (κ2) is 6.48. The van der Waals surface area contributed by atoms with Gasteiger partial charge in [0.1, 0.15) is 6.10 Å². The van der Waals surface area contributed by atoms with Crippen molar-refractivity contribution in [2.24, 2.45) is 0 Å². The predicted molar refractivity (Wildman–Crippen MR) is 75.4 cm³/mol. The molecule has 0 spiro atoms. The van der Waals surface area contributed by atoms with Crippen LogP contribution in [0.2, 0.25) is 0 Å². The maximum absolute atomic E-state index is 11.2. The zero-order valence-electron chi connectivity index (χ0n) is 11.9. The van der Waals surface area contributed by atoms with E-state index in [1.165, 1.54) is 6.92 Å². The molecule has 116 valence electrons. The summed E-state index contributed by atoms with van der Waals surface area (Å²) in [5.74, 6) is -0.225. The Balaban J connectivity index is 2.24. The smallest absolute Gasteiger partial charge is 0.216 e.